The van der Waals surface area contributed by atoms with Crippen LogP contribution in [0.15, 0.2) is 16.3 Å². The number of halogens is 1. The normalized spacial score (nSPS) is 37.6. The average Bonchev–Trinajstić information content (AvgIpc) is 3.17. The van der Waals surface area contributed by atoms with E-state index in [2.05, 4.69) is 5.32 Å². The van der Waals surface area contributed by atoms with E-state index in [-0.39, 0.29) is 53.7 Å². The van der Waals surface area contributed by atoms with Crippen LogP contribution in [0.4, 0.5) is 0 Å². The number of nitrogens with zero attached hydrogens (tertiary/aromatic N) is 1. The summed E-state index contributed by atoms with van der Waals surface area (Å²) in [5.41, 5.74) is 5.32. The number of carbonyl (C=O) groups excluding carboxylic acids is 2. The summed E-state index contributed by atoms with van der Waals surface area (Å²) in [6.45, 7) is 0.361. The van der Waals surface area contributed by atoms with Crippen molar-refractivity contribution in [2.24, 2.45) is 28.9 Å². The second-order valence-corrected chi connectivity index (χ2v) is 13.2. The summed E-state index contributed by atoms with van der Waals surface area (Å²) in [5, 5.41) is 3.15. The summed E-state index contributed by atoms with van der Waals surface area (Å²) < 4.78 is 33.5. The van der Waals surface area contributed by atoms with Crippen LogP contribution < -0.4 is 11.1 Å². The fourth-order valence-electron chi connectivity index (χ4n) is 6.46. The molecule has 1 aromatic rings. The smallest absolute Gasteiger partial charge is 0.253 e. The van der Waals surface area contributed by atoms with E-state index in [4.69, 9.17) is 22.1 Å². The van der Waals surface area contributed by atoms with Gasteiger partial charge in [0.15, 0.2) is 0 Å². The van der Waals surface area contributed by atoms with Crippen LogP contribution in [0.5, 0.6) is 0 Å². The average molecular weight is 488 g/mol. The predicted octanol–water partition coefficient (Wildman–Crippen LogP) is 1.59. The number of thiophene rings is 1. The molecule has 0 spiro atoms. The second kappa shape index (κ2) is 7.69. The lowest BCUT2D eigenvalue weighted by atomic mass is 9.47. The van der Waals surface area contributed by atoms with Crippen LogP contribution in [0.3, 0.4) is 0 Å². The lowest BCUT2D eigenvalue weighted by molar-refractivity contribution is -0.148. The summed E-state index contributed by atoms with van der Waals surface area (Å²) in [6.07, 6.45) is 4.23. The Balaban J connectivity index is 1.35. The minimum Gasteiger partial charge on any atom is -0.378 e. The SMILES string of the molecule is NC(=O)C12CC3CC(C1)C(NC(=O)C1COCCN1S(=O)(=O)c1ccc(Cl)s1)C(C3)C2. The Hall–Kier alpha value is -1.20. The standard InChI is InChI=1S/C20H26ClN3O5S2/c21-15-1-2-16(30-15)31(27,28)24-3-4-29-10-14(24)18(25)23-17-12-5-11-6-13(17)9-20(7-11,8-12)19(22)26/h1-2,11-14,17H,3-10H2,(H2,22,26)(H,23,25). The van der Waals surface area contributed by atoms with Gasteiger partial charge < -0.3 is 15.8 Å². The van der Waals surface area contributed by atoms with Crippen LogP contribution in [0.25, 0.3) is 0 Å². The van der Waals surface area contributed by atoms with Crippen molar-refractivity contribution in [2.45, 2.75) is 48.4 Å². The monoisotopic (exact) mass is 487 g/mol. The van der Waals surface area contributed by atoms with Crippen molar-refractivity contribution < 1.29 is 22.7 Å². The van der Waals surface area contributed by atoms with Crippen molar-refractivity contribution >= 4 is 44.8 Å². The van der Waals surface area contributed by atoms with Crippen molar-refractivity contribution in [1.82, 2.24) is 9.62 Å². The van der Waals surface area contributed by atoms with Crippen molar-refractivity contribution in [3.63, 3.8) is 0 Å². The van der Waals surface area contributed by atoms with Gasteiger partial charge in [-0.15, -0.1) is 11.3 Å². The van der Waals surface area contributed by atoms with Crippen LogP contribution in [-0.4, -0.2) is 56.4 Å². The third-order valence-corrected chi connectivity index (χ3v) is 11.2. The number of rotatable bonds is 5. The van der Waals surface area contributed by atoms with E-state index < -0.39 is 21.5 Å². The fraction of sp³-hybridized carbons (Fsp3) is 0.700. The zero-order valence-electron chi connectivity index (χ0n) is 17.0. The Bertz CT molecular complexity index is 996. The number of hydrogen-bond acceptors (Lipinski definition) is 6. The zero-order chi connectivity index (χ0) is 22.0. The van der Waals surface area contributed by atoms with E-state index in [0.717, 1.165) is 30.6 Å². The molecule has 1 saturated heterocycles. The molecule has 4 saturated carbocycles. The van der Waals surface area contributed by atoms with Gasteiger partial charge in [0.1, 0.15) is 10.3 Å². The topological polar surface area (TPSA) is 119 Å². The molecule has 1 aliphatic heterocycles. The first-order valence-corrected chi connectivity index (χ1v) is 13.3. The molecular weight excluding hydrogens is 462 g/mol. The van der Waals surface area contributed by atoms with Crippen molar-refractivity contribution in [1.29, 1.82) is 0 Å². The van der Waals surface area contributed by atoms with Crippen LogP contribution >= 0.6 is 22.9 Å². The molecule has 1 aromatic heterocycles. The number of sulfonamides is 1. The van der Waals surface area contributed by atoms with Gasteiger partial charge in [-0.3, -0.25) is 9.59 Å². The molecular formula is C20H26ClN3O5S2. The van der Waals surface area contributed by atoms with Crippen LogP contribution in [0.1, 0.15) is 32.1 Å². The Morgan fingerprint density at radius 3 is 2.55 bits per heavy atom. The van der Waals surface area contributed by atoms with E-state index in [1.165, 1.54) is 16.4 Å². The first-order chi connectivity index (χ1) is 14.7. The van der Waals surface area contributed by atoms with Gasteiger partial charge in [0.25, 0.3) is 10.0 Å². The Morgan fingerprint density at radius 1 is 1.23 bits per heavy atom. The molecule has 6 rings (SSSR count). The van der Waals surface area contributed by atoms with Crippen molar-refractivity contribution in [3.05, 3.63) is 16.5 Å². The number of carbonyl (C=O) groups is 2. The highest BCUT2D eigenvalue weighted by Crippen LogP contribution is 2.59. The quantitative estimate of drug-likeness (QED) is 0.653. The second-order valence-electron chi connectivity index (χ2n) is 9.41. The van der Waals surface area contributed by atoms with E-state index in [0.29, 0.717) is 23.1 Å². The van der Waals surface area contributed by atoms with Crippen LogP contribution in [0.2, 0.25) is 4.34 Å². The molecule has 0 aromatic carbocycles. The molecule has 0 radical (unpaired) electrons. The van der Waals surface area contributed by atoms with Crippen LogP contribution in [-0.2, 0) is 24.3 Å². The molecule has 2 heterocycles. The minimum atomic E-state index is -3.85. The number of hydrogen-bond donors (Lipinski definition) is 2. The lowest BCUT2D eigenvalue weighted by Gasteiger charge is -2.59. The molecule has 4 bridgehead atoms. The highest BCUT2D eigenvalue weighted by molar-refractivity contribution is 7.91. The number of nitrogens with two attached hydrogens (primary N) is 1. The molecule has 8 nitrogen and oxygen atoms in total. The van der Waals surface area contributed by atoms with Gasteiger partial charge >= 0.3 is 0 Å². The van der Waals surface area contributed by atoms with Gasteiger partial charge in [-0.1, -0.05) is 11.6 Å². The van der Waals surface area contributed by atoms with Gasteiger partial charge in [-0.2, -0.15) is 4.31 Å². The highest BCUT2D eigenvalue weighted by Gasteiger charge is 2.58. The molecule has 3 unspecified atom stereocenters. The van der Waals surface area contributed by atoms with Gasteiger partial charge in [0, 0.05) is 18.0 Å². The number of nitrogens with one attached hydrogen (secondary N) is 1. The molecule has 5 fully saturated rings. The molecule has 3 atom stereocenters. The summed E-state index contributed by atoms with van der Waals surface area (Å²) in [7, 11) is -3.85. The van der Waals surface area contributed by atoms with Crippen molar-refractivity contribution in [2.75, 3.05) is 19.8 Å². The number of primary amides is 1. The van der Waals surface area contributed by atoms with Crippen molar-refractivity contribution in [3.8, 4) is 0 Å². The fourth-order valence-corrected chi connectivity index (χ4v) is 9.63. The number of morpholine rings is 1. The van der Waals surface area contributed by atoms with Gasteiger partial charge in [0.05, 0.1) is 17.6 Å². The third kappa shape index (κ3) is 3.60. The Kier molecular flexibility index (Phi) is 5.37. The van der Waals surface area contributed by atoms with E-state index in [1.54, 1.807) is 0 Å². The van der Waals surface area contributed by atoms with E-state index >= 15 is 0 Å². The molecule has 3 N–H and O–H groups in total. The molecule has 11 heteroatoms. The maximum absolute atomic E-state index is 13.3. The van der Waals surface area contributed by atoms with E-state index in [1.807, 2.05) is 0 Å². The molecule has 2 amide bonds. The molecule has 31 heavy (non-hydrogen) atoms. The van der Waals surface area contributed by atoms with E-state index in [9.17, 15) is 18.0 Å². The Labute approximate surface area is 190 Å². The predicted molar refractivity (Wildman–Crippen MR) is 115 cm³/mol. The number of amides is 2. The zero-order valence-corrected chi connectivity index (χ0v) is 19.3. The number of ether oxygens (including phenoxy) is 1. The van der Waals surface area contributed by atoms with Gasteiger partial charge in [0.2, 0.25) is 11.8 Å². The Morgan fingerprint density at radius 2 is 1.94 bits per heavy atom. The molecule has 5 aliphatic rings. The molecule has 170 valence electrons. The first-order valence-electron chi connectivity index (χ1n) is 10.6. The minimum absolute atomic E-state index is 0.0140. The highest BCUT2D eigenvalue weighted by atomic mass is 35.5. The maximum atomic E-state index is 13.3. The summed E-state index contributed by atoms with van der Waals surface area (Å²) in [4.78, 5) is 25.4. The van der Waals surface area contributed by atoms with Gasteiger partial charge in [-0.25, -0.2) is 8.42 Å². The summed E-state index contributed by atoms with van der Waals surface area (Å²) in [5.74, 6) is 0.333. The van der Waals surface area contributed by atoms with Crippen LogP contribution in [0, 0.1) is 23.2 Å². The summed E-state index contributed by atoms with van der Waals surface area (Å²) in [6, 6.07) is 2.02. The lowest BCUT2D eigenvalue weighted by Crippen LogP contribution is -2.64. The summed E-state index contributed by atoms with van der Waals surface area (Å²) >= 11 is 6.91. The maximum Gasteiger partial charge on any atom is 0.253 e. The molecule has 4 aliphatic carbocycles. The van der Waals surface area contributed by atoms with Gasteiger partial charge in [-0.05, 0) is 62.0 Å². The largest absolute Gasteiger partial charge is 0.378 e. The first kappa shape index (κ1) is 21.6. The third-order valence-electron chi connectivity index (χ3n) is 7.60.